The highest BCUT2D eigenvalue weighted by atomic mass is 16.5. The van der Waals surface area contributed by atoms with E-state index in [1.165, 1.54) is 14.0 Å². The summed E-state index contributed by atoms with van der Waals surface area (Å²) in [5.41, 5.74) is 2.09. The smallest absolute Gasteiger partial charge is 0.308 e. The molecule has 22 heavy (non-hydrogen) atoms. The molecule has 0 heterocycles. The van der Waals surface area contributed by atoms with Crippen LogP contribution in [0, 0.1) is 11.3 Å². The van der Waals surface area contributed by atoms with Crippen LogP contribution in [0.5, 0.6) is 11.5 Å². The SMILES string of the molecule is COc1cc(OC(C)=O)ccc1/C=C(\C#N)c1ccccc1. The summed E-state index contributed by atoms with van der Waals surface area (Å²) < 4.78 is 10.3. The molecular formula is C18H15NO3. The number of nitrogens with zero attached hydrogens (tertiary/aromatic N) is 1. The molecule has 0 N–H and O–H groups in total. The molecule has 4 heteroatoms. The molecule has 0 radical (unpaired) electrons. The third kappa shape index (κ3) is 3.74. The van der Waals surface area contributed by atoms with Crippen LogP contribution in [0.4, 0.5) is 0 Å². The van der Waals surface area contributed by atoms with Gasteiger partial charge in [-0.05, 0) is 23.8 Å². The average molecular weight is 293 g/mol. The third-order valence-electron chi connectivity index (χ3n) is 2.97. The molecule has 0 atom stereocenters. The maximum atomic E-state index is 11.0. The highest BCUT2D eigenvalue weighted by molar-refractivity contribution is 5.90. The summed E-state index contributed by atoms with van der Waals surface area (Å²) in [6, 6.07) is 16.6. The number of rotatable bonds is 4. The zero-order valence-electron chi connectivity index (χ0n) is 12.4. The molecule has 0 saturated carbocycles. The highest BCUT2D eigenvalue weighted by Crippen LogP contribution is 2.28. The van der Waals surface area contributed by atoms with E-state index in [0.717, 1.165) is 11.1 Å². The number of ether oxygens (including phenoxy) is 2. The Morgan fingerprint density at radius 1 is 1.18 bits per heavy atom. The minimum absolute atomic E-state index is 0.396. The first-order valence-electron chi connectivity index (χ1n) is 6.67. The van der Waals surface area contributed by atoms with Crippen molar-refractivity contribution in [3.05, 3.63) is 59.7 Å². The molecule has 0 aliphatic heterocycles. The first kappa shape index (κ1) is 15.3. The number of allylic oxidation sites excluding steroid dienone is 1. The van der Waals surface area contributed by atoms with E-state index in [1.54, 1.807) is 24.3 Å². The van der Waals surface area contributed by atoms with Crippen molar-refractivity contribution in [3.8, 4) is 17.6 Å². The molecule has 2 rings (SSSR count). The number of esters is 1. The van der Waals surface area contributed by atoms with Gasteiger partial charge in [-0.1, -0.05) is 30.3 Å². The van der Waals surface area contributed by atoms with E-state index >= 15 is 0 Å². The minimum Gasteiger partial charge on any atom is -0.496 e. The van der Waals surface area contributed by atoms with Crippen molar-refractivity contribution in [2.24, 2.45) is 0 Å². The van der Waals surface area contributed by atoms with Crippen LogP contribution in [0.2, 0.25) is 0 Å². The summed E-state index contributed by atoms with van der Waals surface area (Å²) >= 11 is 0. The molecule has 4 nitrogen and oxygen atoms in total. The largest absolute Gasteiger partial charge is 0.496 e. The van der Waals surface area contributed by atoms with Crippen molar-refractivity contribution >= 4 is 17.6 Å². The van der Waals surface area contributed by atoms with E-state index < -0.39 is 5.97 Å². The van der Waals surface area contributed by atoms with E-state index in [2.05, 4.69) is 6.07 Å². The molecule has 0 unspecified atom stereocenters. The molecular weight excluding hydrogens is 278 g/mol. The van der Waals surface area contributed by atoms with Gasteiger partial charge in [0.25, 0.3) is 0 Å². The fraction of sp³-hybridized carbons (Fsp3) is 0.111. The van der Waals surface area contributed by atoms with Crippen molar-refractivity contribution in [3.63, 3.8) is 0 Å². The monoisotopic (exact) mass is 293 g/mol. The van der Waals surface area contributed by atoms with Gasteiger partial charge in [0.2, 0.25) is 0 Å². The van der Waals surface area contributed by atoms with Gasteiger partial charge in [0.15, 0.2) is 0 Å². The van der Waals surface area contributed by atoms with Gasteiger partial charge < -0.3 is 9.47 Å². The molecule has 0 spiro atoms. The van der Waals surface area contributed by atoms with Crippen molar-refractivity contribution in [1.82, 2.24) is 0 Å². The van der Waals surface area contributed by atoms with Crippen molar-refractivity contribution in [2.45, 2.75) is 6.92 Å². The van der Waals surface area contributed by atoms with Crippen LogP contribution in [0.25, 0.3) is 11.6 Å². The van der Waals surface area contributed by atoms with Gasteiger partial charge in [-0.3, -0.25) is 4.79 Å². The second-order valence-corrected chi connectivity index (χ2v) is 4.53. The van der Waals surface area contributed by atoms with Crippen LogP contribution < -0.4 is 9.47 Å². The molecule has 0 aromatic heterocycles. The van der Waals surface area contributed by atoms with Crippen LogP contribution in [-0.2, 0) is 4.79 Å². The van der Waals surface area contributed by atoms with Crippen molar-refractivity contribution < 1.29 is 14.3 Å². The van der Waals surface area contributed by atoms with Crippen LogP contribution in [0.3, 0.4) is 0 Å². The molecule has 0 amide bonds. The lowest BCUT2D eigenvalue weighted by Gasteiger charge is -2.08. The first-order valence-corrected chi connectivity index (χ1v) is 6.67. The molecule has 0 aliphatic carbocycles. The Bertz CT molecular complexity index is 743. The number of hydrogen-bond donors (Lipinski definition) is 0. The lowest BCUT2D eigenvalue weighted by atomic mass is 10.0. The number of carbonyl (C=O) groups excluding carboxylic acids is 1. The quantitative estimate of drug-likeness (QED) is 0.373. The zero-order chi connectivity index (χ0) is 15.9. The average Bonchev–Trinajstić information content (AvgIpc) is 2.53. The zero-order valence-corrected chi connectivity index (χ0v) is 12.4. The fourth-order valence-electron chi connectivity index (χ4n) is 1.99. The Labute approximate surface area is 129 Å². The summed E-state index contributed by atoms with van der Waals surface area (Å²) in [5, 5.41) is 9.35. The topological polar surface area (TPSA) is 59.3 Å². The summed E-state index contributed by atoms with van der Waals surface area (Å²) in [6.07, 6.45) is 1.74. The maximum Gasteiger partial charge on any atom is 0.308 e. The van der Waals surface area contributed by atoms with Gasteiger partial charge in [0.05, 0.1) is 18.8 Å². The van der Waals surface area contributed by atoms with Crippen LogP contribution in [-0.4, -0.2) is 13.1 Å². The molecule has 0 bridgehead atoms. The number of nitriles is 1. The standard InChI is InChI=1S/C18H15NO3/c1-13(20)22-17-9-8-15(18(11-17)21-2)10-16(12-19)14-6-4-3-5-7-14/h3-11H,1-2H3/b16-10+. The number of benzene rings is 2. The molecule has 2 aromatic rings. The number of methoxy groups -OCH3 is 1. The predicted octanol–water partition coefficient (Wildman–Crippen LogP) is 3.68. The van der Waals surface area contributed by atoms with Crippen LogP contribution in [0.1, 0.15) is 18.1 Å². The van der Waals surface area contributed by atoms with Gasteiger partial charge in [-0.15, -0.1) is 0 Å². The number of hydrogen-bond acceptors (Lipinski definition) is 4. The predicted molar refractivity (Wildman–Crippen MR) is 84.2 cm³/mol. The van der Waals surface area contributed by atoms with Gasteiger partial charge >= 0.3 is 5.97 Å². The maximum absolute atomic E-state index is 11.0. The second-order valence-electron chi connectivity index (χ2n) is 4.53. The summed E-state index contributed by atoms with van der Waals surface area (Å²) in [7, 11) is 1.53. The lowest BCUT2D eigenvalue weighted by molar-refractivity contribution is -0.131. The van der Waals surface area contributed by atoms with Gasteiger partial charge in [0, 0.05) is 18.6 Å². The van der Waals surface area contributed by atoms with Crippen LogP contribution in [0.15, 0.2) is 48.5 Å². The fourth-order valence-corrected chi connectivity index (χ4v) is 1.99. The van der Waals surface area contributed by atoms with Gasteiger partial charge in [-0.2, -0.15) is 5.26 Å². The van der Waals surface area contributed by atoms with E-state index in [-0.39, 0.29) is 0 Å². The Morgan fingerprint density at radius 3 is 2.50 bits per heavy atom. The summed E-state index contributed by atoms with van der Waals surface area (Å²) in [5.74, 6) is 0.537. The minimum atomic E-state index is -0.396. The molecule has 0 saturated heterocycles. The van der Waals surface area contributed by atoms with Gasteiger partial charge in [0.1, 0.15) is 11.5 Å². The van der Waals surface area contributed by atoms with Crippen LogP contribution >= 0.6 is 0 Å². The van der Waals surface area contributed by atoms with Gasteiger partial charge in [-0.25, -0.2) is 0 Å². The molecule has 0 aliphatic rings. The van der Waals surface area contributed by atoms with Crippen molar-refractivity contribution in [1.29, 1.82) is 5.26 Å². The highest BCUT2D eigenvalue weighted by Gasteiger charge is 2.07. The Kier molecular flexibility index (Phi) is 4.94. The molecule has 0 fully saturated rings. The third-order valence-corrected chi connectivity index (χ3v) is 2.97. The van der Waals surface area contributed by atoms with E-state index in [1.807, 2.05) is 30.3 Å². The molecule has 110 valence electrons. The first-order chi connectivity index (χ1) is 10.6. The summed E-state index contributed by atoms with van der Waals surface area (Å²) in [4.78, 5) is 11.0. The Morgan fingerprint density at radius 2 is 1.91 bits per heavy atom. The molecule has 2 aromatic carbocycles. The second kappa shape index (κ2) is 7.09. The normalized spacial score (nSPS) is 10.7. The van der Waals surface area contributed by atoms with E-state index in [0.29, 0.717) is 17.1 Å². The van der Waals surface area contributed by atoms with E-state index in [4.69, 9.17) is 9.47 Å². The van der Waals surface area contributed by atoms with Crippen molar-refractivity contribution in [2.75, 3.05) is 7.11 Å². The lowest BCUT2D eigenvalue weighted by Crippen LogP contribution is -2.01. The van der Waals surface area contributed by atoms with E-state index in [9.17, 15) is 10.1 Å². The number of carbonyl (C=O) groups is 1. The Hall–Kier alpha value is -3.06. The summed E-state index contributed by atoms with van der Waals surface area (Å²) in [6.45, 7) is 1.34. The Balaban J connectivity index is 2.41.